The van der Waals surface area contributed by atoms with Gasteiger partial charge in [-0.05, 0) is 12.1 Å². The van der Waals surface area contributed by atoms with E-state index in [0.717, 1.165) is 38.3 Å². The third-order valence-electron chi connectivity index (χ3n) is 3.61. The van der Waals surface area contributed by atoms with Gasteiger partial charge in [-0.25, -0.2) is 0 Å². The van der Waals surface area contributed by atoms with Crippen molar-refractivity contribution in [1.82, 2.24) is 15.5 Å². The average molecular weight is 344 g/mol. The predicted octanol–water partition coefficient (Wildman–Crippen LogP) is 0.665. The fourth-order valence-electron chi connectivity index (χ4n) is 2.36. The zero-order valence-corrected chi connectivity index (χ0v) is 12.9. The number of hydrogen-bond acceptors (Lipinski definition) is 4. The van der Waals surface area contributed by atoms with Crippen LogP contribution < -0.4 is 16.0 Å². The van der Waals surface area contributed by atoms with E-state index in [1.165, 1.54) is 12.1 Å². The highest BCUT2D eigenvalue weighted by Gasteiger charge is 2.34. The fraction of sp³-hybridized carbons (Fsp3) is 0.467. The van der Waals surface area contributed by atoms with E-state index in [9.17, 15) is 22.8 Å². The van der Waals surface area contributed by atoms with Crippen molar-refractivity contribution < 1.29 is 22.8 Å². The smallest absolute Gasteiger partial charge is 0.347 e. The number of carbonyl (C=O) groups excluding carboxylic acids is 2. The molecule has 0 atom stereocenters. The van der Waals surface area contributed by atoms with E-state index in [1.54, 1.807) is 0 Å². The van der Waals surface area contributed by atoms with Crippen LogP contribution in [0, 0.1) is 0 Å². The van der Waals surface area contributed by atoms with E-state index in [1.807, 2.05) is 5.32 Å². The first-order valence-electron chi connectivity index (χ1n) is 7.56. The van der Waals surface area contributed by atoms with Crippen molar-refractivity contribution in [2.75, 3.05) is 44.6 Å². The molecule has 6 nitrogen and oxygen atoms in total. The minimum atomic E-state index is -4.61. The number of hydrogen-bond donors (Lipinski definition) is 3. The first-order chi connectivity index (χ1) is 11.4. The Morgan fingerprint density at radius 3 is 2.46 bits per heavy atom. The van der Waals surface area contributed by atoms with Crippen LogP contribution in [0.4, 0.5) is 18.9 Å². The first kappa shape index (κ1) is 18.2. The average Bonchev–Trinajstić information content (AvgIpc) is 2.55. The summed E-state index contributed by atoms with van der Waals surface area (Å²) < 4.78 is 38.5. The molecule has 3 N–H and O–H groups in total. The van der Waals surface area contributed by atoms with Crippen molar-refractivity contribution in [3.63, 3.8) is 0 Å². The van der Waals surface area contributed by atoms with Crippen LogP contribution in [0.1, 0.15) is 5.56 Å². The molecule has 9 heteroatoms. The van der Waals surface area contributed by atoms with Gasteiger partial charge in [0.15, 0.2) is 0 Å². The molecule has 0 spiro atoms. The van der Waals surface area contributed by atoms with E-state index in [0.29, 0.717) is 6.54 Å². The molecule has 0 saturated carbocycles. The molecular weight excluding hydrogens is 325 g/mol. The molecule has 1 aromatic rings. The Morgan fingerprint density at radius 1 is 1.12 bits per heavy atom. The number of carbonyl (C=O) groups is 2. The summed E-state index contributed by atoms with van der Waals surface area (Å²) in [5.41, 5.74) is -1.43. The third-order valence-corrected chi connectivity index (χ3v) is 3.61. The molecule has 1 aliphatic heterocycles. The molecule has 1 aromatic carbocycles. The number of anilines is 1. The number of para-hydroxylation sites is 1. The van der Waals surface area contributed by atoms with Gasteiger partial charge in [0.1, 0.15) is 0 Å². The Bertz CT molecular complexity index is 586. The van der Waals surface area contributed by atoms with Crippen molar-refractivity contribution in [2.24, 2.45) is 0 Å². The standard InChI is InChI=1S/C15H19F3N4O2/c16-15(17,18)11-3-1-2-4-12(11)21-14(24)13(23)20-7-10-22-8-5-19-6-9-22/h1-4,19H,5-10H2,(H,20,23)(H,21,24). The van der Waals surface area contributed by atoms with Gasteiger partial charge in [-0.3, -0.25) is 14.5 Å². The molecule has 1 heterocycles. The van der Waals surface area contributed by atoms with Crippen LogP contribution >= 0.6 is 0 Å². The van der Waals surface area contributed by atoms with E-state index < -0.39 is 29.2 Å². The van der Waals surface area contributed by atoms with Crippen molar-refractivity contribution in [1.29, 1.82) is 0 Å². The van der Waals surface area contributed by atoms with Gasteiger partial charge in [0.25, 0.3) is 0 Å². The Kier molecular flexibility index (Phi) is 6.16. The zero-order chi connectivity index (χ0) is 17.6. The molecule has 0 radical (unpaired) electrons. The molecule has 1 fully saturated rings. The van der Waals surface area contributed by atoms with Gasteiger partial charge in [0, 0.05) is 39.3 Å². The lowest BCUT2D eigenvalue weighted by atomic mass is 10.1. The number of piperazine rings is 1. The lowest BCUT2D eigenvalue weighted by Crippen LogP contribution is -2.47. The van der Waals surface area contributed by atoms with Gasteiger partial charge in [-0.2, -0.15) is 13.2 Å². The van der Waals surface area contributed by atoms with Gasteiger partial charge in [0.2, 0.25) is 0 Å². The zero-order valence-electron chi connectivity index (χ0n) is 12.9. The topological polar surface area (TPSA) is 73.5 Å². The predicted molar refractivity (Wildman–Crippen MR) is 82.4 cm³/mol. The Hall–Kier alpha value is -2.13. The normalized spacial score (nSPS) is 15.8. The van der Waals surface area contributed by atoms with Crippen LogP contribution in [0.3, 0.4) is 0 Å². The quantitative estimate of drug-likeness (QED) is 0.702. The molecular formula is C15H19F3N4O2. The van der Waals surface area contributed by atoms with E-state index >= 15 is 0 Å². The summed E-state index contributed by atoms with van der Waals surface area (Å²) in [5.74, 6) is -2.07. The largest absolute Gasteiger partial charge is 0.418 e. The molecule has 132 valence electrons. The molecule has 1 aliphatic rings. The lowest BCUT2D eigenvalue weighted by Gasteiger charge is -2.27. The molecule has 1 saturated heterocycles. The summed E-state index contributed by atoms with van der Waals surface area (Å²) in [5, 5.41) is 7.62. The second kappa shape index (κ2) is 8.11. The summed E-state index contributed by atoms with van der Waals surface area (Å²) in [6, 6.07) is 4.52. The van der Waals surface area contributed by atoms with Crippen molar-refractivity contribution >= 4 is 17.5 Å². The van der Waals surface area contributed by atoms with Crippen molar-refractivity contribution in [3.8, 4) is 0 Å². The van der Waals surface area contributed by atoms with Crippen LogP contribution in [-0.2, 0) is 15.8 Å². The fourth-order valence-corrected chi connectivity index (χ4v) is 2.36. The minimum Gasteiger partial charge on any atom is -0.347 e. The van der Waals surface area contributed by atoms with Gasteiger partial charge in [-0.15, -0.1) is 0 Å². The number of nitrogens with zero attached hydrogens (tertiary/aromatic N) is 1. The van der Waals surface area contributed by atoms with Gasteiger partial charge in [0.05, 0.1) is 11.3 Å². The Labute approximate surface area is 137 Å². The molecule has 2 amide bonds. The second-order valence-corrected chi connectivity index (χ2v) is 5.35. The number of benzene rings is 1. The second-order valence-electron chi connectivity index (χ2n) is 5.35. The summed E-state index contributed by atoms with van der Waals surface area (Å²) >= 11 is 0. The molecule has 24 heavy (non-hydrogen) atoms. The van der Waals surface area contributed by atoms with Crippen LogP contribution in [0.25, 0.3) is 0 Å². The lowest BCUT2D eigenvalue weighted by molar-refractivity contribution is -0.138. The monoisotopic (exact) mass is 344 g/mol. The number of rotatable bonds is 4. The van der Waals surface area contributed by atoms with Gasteiger partial charge < -0.3 is 16.0 Å². The molecule has 2 rings (SSSR count). The van der Waals surface area contributed by atoms with Gasteiger partial charge in [-0.1, -0.05) is 12.1 Å². The highest BCUT2D eigenvalue weighted by Crippen LogP contribution is 2.34. The van der Waals surface area contributed by atoms with Crippen molar-refractivity contribution in [3.05, 3.63) is 29.8 Å². The Balaban J connectivity index is 1.84. The summed E-state index contributed by atoms with van der Waals surface area (Å²) in [4.78, 5) is 25.6. The maximum atomic E-state index is 12.8. The summed E-state index contributed by atoms with van der Waals surface area (Å²) in [6.45, 7) is 4.26. The van der Waals surface area contributed by atoms with Crippen LogP contribution in [0.15, 0.2) is 24.3 Å². The van der Waals surface area contributed by atoms with E-state index in [-0.39, 0.29) is 6.54 Å². The first-order valence-corrected chi connectivity index (χ1v) is 7.56. The summed E-state index contributed by atoms with van der Waals surface area (Å²) in [7, 11) is 0. The van der Waals surface area contributed by atoms with Crippen LogP contribution in [0.2, 0.25) is 0 Å². The molecule has 0 unspecified atom stereocenters. The number of alkyl halides is 3. The number of amides is 2. The Morgan fingerprint density at radius 2 is 1.79 bits per heavy atom. The summed E-state index contributed by atoms with van der Waals surface area (Å²) in [6.07, 6.45) is -4.61. The maximum Gasteiger partial charge on any atom is 0.418 e. The number of halogens is 3. The van der Waals surface area contributed by atoms with Gasteiger partial charge >= 0.3 is 18.0 Å². The minimum absolute atomic E-state index is 0.257. The maximum absolute atomic E-state index is 12.8. The van der Waals surface area contributed by atoms with Crippen LogP contribution in [0.5, 0.6) is 0 Å². The number of nitrogens with one attached hydrogen (secondary N) is 3. The highest BCUT2D eigenvalue weighted by atomic mass is 19.4. The van der Waals surface area contributed by atoms with E-state index in [2.05, 4.69) is 15.5 Å². The third kappa shape index (κ3) is 5.20. The molecule has 0 bridgehead atoms. The molecule has 0 aliphatic carbocycles. The van der Waals surface area contributed by atoms with Crippen LogP contribution in [-0.4, -0.2) is 56.0 Å². The SMILES string of the molecule is O=C(NCCN1CCNCC1)C(=O)Nc1ccccc1C(F)(F)F. The molecule has 0 aromatic heterocycles. The highest BCUT2D eigenvalue weighted by molar-refractivity contribution is 6.39. The van der Waals surface area contributed by atoms with E-state index in [4.69, 9.17) is 0 Å². The van der Waals surface area contributed by atoms with Crippen molar-refractivity contribution in [2.45, 2.75) is 6.18 Å².